The highest BCUT2D eigenvalue weighted by Gasteiger charge is 2.34. The van der Waals surface area contributed by atoms with Gasteiger partial charge in [-0.15, -0.1) is 0 Å². The maximum Gasteiger partial charge on any atom is 0.289 e. The van der Waals surface area contributed by atoms with Crippen molar-refractivity contribution in [2.24, 2.45) is 0 Å². The van der Waals surface area contributed by atoms with Gasteiger partial charge in [-0.1, -0.05) is 58.9 Å². The highest BCUT2D eigenvalue weighted by atomic mass is 16.1. The number of carbonyl (C=O) groups excluding carboxylic acids is 1. The number of H-pyrrole nitrogens is 1. The Bertz CT molecular complexity index is 1540. The van der Waals surface area contributed by atoms with E-state index in [0.717, 1.165) is 24.1 Å². The first-order valence-electron chi connectivity index (χ1n) is 12.0. The predicted octanol–water partition coefficient (Wildman–Crippen LogP) is 5.23. The topological polar surface area (TPSA) is 92.2 Å². The van der Waals surface area contributed by atoms with Crippen LogP contribution in [0.15, 0.2) is 47.4 Å². The summed E-state index contributed by atoms with van der Waals surface area (Å²) in [6.45, 7) is 12.7. The summed E-state index contributed by atoms with van der Waals surface area (Å²) < 4.78 is 1.58. The van der Waals surface area contributed by atoms with E-state index in [1.165, 1.54) is 23.6 Å². The van der Waals surface area contributed by atoms with Crippen LogP contribution >= 0.6 is 0 Å². The second-order valence-electron chi connectivity index (χ2n) is 11.1. The van der Waals surface area contributed by atoms with Gasteiger partial charge in [0.05, 0.1) is 17.6 Å². The van der Waals surface area contributed by atoms with E-state index in [4.69, 9.17) is 4.98 Å². The van der Waals surface area contributed by atoms with Crippen LogP contribution in [0, 0.1) is 0 Å². The molecule has 0 fully saturated rings. The second kappa shape index (κ2) is 7.90. The van der Waals surface area contributed by atoms with Crippen molar-refractivity contribution in [3.63, 3.8) is 0 Å². The SMILES string of the molecule is CC(=O)Nc1ccccc1-c1nc2nc(-c3cc(C(C)(C)C)cc4c3CCC4(C)C)cn2[nH]c1=O. The number of rotatable bonds is 3. The lowest BCUT2D eigenvalue weighted by Gasteiger charge is -2.25. The van der Waals surface area contributed by atoms with Crippen molar-refractivity contribution < 1.29 is 4.79 Å². The van der Waals surface area contributed by atoms with E-state index in [9.17, 15) is 9.59 Å². The van der Waals surface area contributed by atoms with E-state index >= 15 is 0 Å². The van der Waals surface area contributed by atoms with Gasteiger partial charge in [-0.2, -0.15) is 0 Å². The summed E-state index contributed by atoms with van der Waals surface area (Å²) in [5.41, 5.74) is 6.92. The molecule has 2 heterocycles. The van der Waals surface area contributed by atoms with Gasteiger partial charge in [0.1, 0.15) is 5.69 Å². The molecule has 2 N–H and O–H groups in total. The lowest BCUT2D eigenvalue weighted by Crippen LogP contribution is -2.17. The molecule has 0 atom stereocenters. The molecule has 1 aliphatic rings. The van der Waals surface area contributed by atoms with E-state index in [1.54, 1.807) is 22.7 Å². The molecule has 0 aliphatic heterocycles. The number of aromatic nitrogens is 4. The molecule has 0 spiro atoms. The quantitative estimate of drug-likeness (QED) is 0.430. The number of aromatic amines is 1. The van der Waals surface area contributed by atoms with Gasteiger partial charge in [-0.25, -0.2) is 14.5 Å². The lowest BCUT2D eigenvalue weighted by atomic mass is 9.79. The Balaban J connectivity index is 1.69. The number of hydrogen-bond donors (Lipinski definition) is 2. The number of carbonyl (C=O) groups is 1. The average molecular weight is 470 g/mol. The molecular weight excluding hydrogens is 438 g/mol. The summed E-state index contributed by atoms with van der Waals surface area (Å²) in [5, 5.41) is 5.66. The van der Waals surface area contributed by atoms with Crippen LogP contribution in [-0.2, 0) is 22.0 Å². The zero-order valence-corrected chi connectivity index (χ0v) is 21.1. The minimum absolute atomic E-state index is 0.00519. The maximum atomic E-state index is 13.0. The first kappa shape index (κ1) is 23.0. The smallest absolute Gasteiger partial charge is 0.289 e. The van der Waals surface area contributed by atoms with Gasteiger partial charge in [0.25, 0.3) is 5.56 Å². The number of nitrogens with one attached hydrogen (secondary N) is 2. The van der Waals surface area contributed by atoms with Crippen molar-refractivity contribution in [2.45, 2.75) is 65.2 Å². The van der Waals surface area contributed by atoms with Crippen LogP contribution < -0.4 is 10.9 Å². The Labute approximate surface area is 204 Å². The van der Waals surface area contributed by atoms with Gasteiger partial charge in [-0.3, -0.25) is 14.7 Å². The first-order chi connectivity index (χ1) is 16.4. The number of benzene rings is 2. The molecule has 0 saturated heterocycles. The molecule has 0 radical (unpaired) electrons. The van der Waals surface area contributed by atoms with E-state index in [1.807, 2.05) is 12.3 Å². The summed E-state index contributed by atoms with van der Waals surface area (Å²) in [4.78, 5) is 34.1. The number of para-hydroxylation sites is 1. The van der Waals surface area contributed by atoms with E-state index in [0.29, 0.717) is 17.0 Å². The maximum absolute atomic E-state index is 13.0. The Hall–Kier alpha value is -3.74. The molecular formula is C28H31N5O2. The Morgan fingerprint density at radius 1 is 1.11 bits per heavy atom. The normalized spacial score (nSPS) is 14.8. The van der Waals surface area contributed by atoms with E-state index < -0.39 is 0 Å². The zero-order chi connectivity index (χ0) is 25.1. The molecule has 7 nitrogen and oxygen atoms in total. The standard InChI is InChI=1S/C28H31N5O2/c1-16(34)29-22-10-8-7-9-19(22)24-25(35)32-33-15-23(30-26(33)31-24)20-13-17(27(2,3)4)14-21-18(20)11-12-28(21,5)6/h7-10,13-15H,11-12H2,1-6H3,(H,29,34)(H,32,35). The minimum Gasteiger partial charge on any atom is -0.326 e. The summed E-state index contributed by atoms with van der Waals surface area (Å²) in [6, 6.07) is 11.7. The number of amides is 1. The summed E-state index contributed by atoms with van der Waals surface area (Å²) in [5.74, 6) is 0.188. The van der Waals surface area contributed by atoms with Gasteiger partial charge < -0.3 is 5.32 Å². The summed E-state index contributed by atoms with van der Waals surface area (Å²) in [7, 11) is 0. The van der Waals surface area contributed by atoms with Gasteiger partial charge in [0, 0.05) is 18.1 Å². The molecule has 2 aromatic heterocycles. The van der Waals surface area contributed by atoms with Crippen LogP contribution in [0.25, 0.3) is 28.3 Å². The largest absolute Gasteiger partial charge is 0.326 e. The highest BCUT2D eigenvalue weighted by Crippen LogP contribution is 2.44. The van der Waals surface area contributed by atoms with Crippen LogP contribution in [0.2, 0.25) is 0 Å². The molecule has 7 heteroatoms. The number of anilines is 1. The van der Waals surface area contributed by atoms with E-state index in [2.05, 4.69) is 62.2 Å². The van der Waals surface area contributed by atoms with E-state index in [-0.39, 0.29) is 28.0 Å². The molecule has 35 heavy (non-hydrogen) atoms. The number of nitrogens with zero attached hydrogens (tertiary/aromatic N) is 3. The monoisotopic (exact) mass is 469 g/mol. The van der Waals surface area contributed by atoms with Crippen molar-refractivity contribution in [2.75, 3.05) is 5.32 Å². The zero-order valence-electron chi connectivity index (χ0n) is 21.1. The third kappa shape index (κ3) is 4.05. The molecule has 180 valence electrons. The van der Waals surface area contributed by atoms with Crippen molar-refractivity contribution in [3.05, 3.63) is 69.6 Å². The fourth-order valence-corrected chi connectivity index (χ4v) is 4.92. The number of imidazole rings is 1. The average Bonchev–Trinajstić information content (AvgIpc) is 3.32. The minimum atomic E-state index is -0.353. The van der Waals surface area contributed by atoms with Crippen LogP contribution in [0.3, 0.4) is 0 Å². The van der Waals surface area contributed by atoms with Crippen molar-refractivity contribution in [3.8, 4) is 22.5 Å². The summed E-state index contributed by atoms with van der Waals surface area (Å²) >= 11 is 0. The molecule has 2 aromatic carbocycles. The summed E-state index contributed by atoms with van der Waals surface area (Å²) in [6.07, 6.45) is 3.94. The molecule has 5 rings (SSSR count). The third-order valence-electron chi connectivity index (χ3n) is 6.95. The Kier molecular flexibility index (Phi) is 5.20. The number of hydrogen-bond acceptors (Lipinski definition) is 4. The van der Waals surface area contributed by atoms with Crippen LogP contribution in [0.1, 0.15) is 64.7 Å². The first-order valence-corrected chi connectivity index (χ1v) is 12.0. The van der Waals surface area contributed by atoms with Gasteiger partial charge in [0.2, 0.25) is 11.7 Å². The molecule has 0 bridgehead atoms. The number of fused-ring (bicyclic) bond motifs is 2. The molecule has 0 unspecified atom stereocenters. The van der Waals surface area contributed by atoms with Crippen LogP contribution in [0.4, 0.5) is 5.69 Å². The van der Waals surface area contributed by atoms with Crippen LogP contribution in [-0.4, -0.2) is 25.5 Å². The van der Waals surface area contributed by atoms with Crippen LogP contribution in [0.5, 0.6) is 0 Å². The van der Waals surface area contributed by atoms with Gasteiger partial charge in [0.15, 0.2) is 0 Å². The molecule has 1 aliphatic carbocycles. The third-order valence-corrected chi connectivity index (χ3v) is 6.95. The van der Waals surface area contributed by atoms with Crippen molar-refractivity contribution in [1.82, 2.24) is 19.6 Å². The Morgan fingerprint density at radius 2 is 1.86 bits per heavy atom. The lowest BCUT2D eigenvalue weighted by molar-refractivity contribution is -0.114. The van der Waals surface area contributed by atoms with Gasteiger partial charge in [-0.05, 0) is 52.5 Å². The van der Waals surface area contributed by atoms with Crippen molar-refractivity contribution >= 4 is 17.4 Å². The fourth-order valence-electron chi connectivity index (χ4n) is 4.92. The highest BCUT2D eigenvalue weighted by molar-refractivity contribution is 5.93. The second-order valence-corrected chi connectivity index (χ2v) is 11.1. The fraction of sp³-hybridized carbons (Fsp3) is 0.357. The molecule has 1 amide bonds. The molecule has 0 saturated carbocycles. The van der Waals surface area contributed by atoms with Gasteiger partial charge >= 0.3 is 0 Å². The molecule has 4 aromatic rings. The predicted molar refractivity (Wildman–Crippen MR) is 139 cm³/mol. The van der Waals surface area contributed by atoms with Crippen molar-refractivity contribution in [1.29, 1.82) is 0 Å². The Morgan fingerprint density at radius 3 is 2.57 bits per heavy atom.